The molecule has 0 aliphatic heterocycles. The van der Waals surface area contributed by atoms with E-state index in [1.165, 1.54) is 6.07 Å². The van der Waals surface area contributed by atoms with Crippen LogP contribution in [0.3, 0.4) is 0 Å². The SMILES string of the molecule is Cc1c(NC(=O)c2coc([N+](=O)[O-])c2)ccc2nc(NC(C)(C)C(=O)N(C)CCc3ccccn3)oc(=O)c12. The lowest BCUT2D eigenvalue weighted by Crippen LogP contribution is -2.49. The van der Waals surface area contributed by atoms with Crippen LogP contribution >= 0.6 is 0 Å². The molecular weight excluding hydrogens is 508 g/mol. The van der Waals surface area contributed by atoms with Crippen molar-refractivity contribution in [3.05, 3.63) is 86.2 Å². The Kier molecular flexibility index (Phi) is 7.42. The summed E-state index contributed by atoms with van der Waals surface area (Å²) in [6.45, 7) is 5.35. The van der Waals surface area contributed by atoms with Gasteiger partial charge in [-0.2, -0.15) is 4.98 Å². The van der Waals surface area contributed by atoms with Gasteiger partial charge in [0.2, 0.25) is 5.91 Å². The molecule has 0 spiro atoms. The number of fused-ring (bicyclic) bond motifs is 1. The van der Waals surface area contributed by atoms with E-state index < -0.39 is 27.9 Å². The zero-order valence-corrected chi connectivity index (χ0v) is 21.7. The first-order chi connectivity index (χ1) is 18.5. The van der Waals surface area contributed by atoms with Gasteiger partial charge in [0, 0.05) is 37.6 Å². The highest BCUT2D eigenvalue weighted by Crippen LogP contribution is 2.25. The van der Waals surface area contributed by atoms with Crippen LogP contribution < -0.4 is 16.3 Å². The minimum atomic E-state index is -1.15. The molecule has 0 radical (unpaired) electrons. The Labute approximate surface area is 222 Å². The minimum Gasteiger partial charge on any atom is -0.408 e. The van der Waals surface area contributed by atoms with Gasteiger partial charge in [-0.15, -0.1) is 0 Å². The molecule has 202 valence electrons. The number of amides is 2. The molecule has 2 amide bonds. The predicted octanol–water partition coefficient (Wildman–Crippen LogP) is 3.54. The van der Waals surface area contributed by atoms with Crippen molar-refractivity contribution in [2.75, 3.05) is 24.2 Å². The lowest BCUT2D eigenvalue weighted by Gasteiger charge is -2.30. The van der Waals surface area contributed by atoms with E-state index in [2.05, 4.69) is 20.6 Å². The second-order valence-corrected chi connectivity index (χ2v) is 9.37. The number of anilines is 2. The first-order valence-electron chi connectivity index (χ1n) is 11.9. The summed E-state index contributed by atoms with van der Waals surface area (Å²) in [5.41, 5.74) is -0.0971. The van der Waals surface area contributed by atoms with Crippen LogP contribution in [0.5, 0.6) is 0 Å². The monoisotopic (exact) mass is 534 g/mol. The van der Waals surface area contributed by atoms with E-state index in [4.69, 9.17) is 8.83 Å². The van der Waals surface area contributed by atoms with Gasteiger partial charge in [0.1, 0.15) is 16.7 Å². The topological polar surface area (TPSA) is 174 Å². The molecule has 0 fully saturated rings. The van der Waals surface area contributed by atoms with E-state index in [0.717, 1.165) is 18.0 Å². The predicted molar refractivity (Wildman–Crippen MR) is 142 cm³/mol. The number of nitro groups is 1. The number of benzene rings is 1. The van der Waals surface area contributed by atoms with Gasteiger partial charge in [0.15, 0.2) is 0 Å². The van der Waals surface area contributed by atoms with Gasteiger partial charge in [-0.05, 0) is 50.6 Å². The quantitative estimate of drug-likeness (QED) is 0.239. The van der Waals surface area contributed by atoms with Gasteiger partial charge in [-0.25, -0.2) is 4.79 Å². The molecule has 0 saturated heterocycles. The highest BCUT2D eigenvalue weighted by atomic mass is 16.6. The Morgan fingerprint density at radius 3 is 2.64 bits per heavy atom. The van der Waals surface area contributed by atoms with Crippen LogP contribution in [0.25, 0.3) is 10.9 Å². The van der Waals surface area contributed by atoms with E-state index in [-0.39, 0.29) is 34.1 Å². The van der Waals surface area contributed by atoms with Gasteiger partial charge in [-0.1, -0.05) is 6.07 Å². The van der Waals surface area contributed by atoms with Gasteiger partial charge in [0.25, 0.3) is 11.9 Å². The number of likely N-dealkylation sites (N-methyl/N-ethyl adjacent to an activating group) is 1. The highest BCUT2D eigenvalue weighted by molar-refractivity contribution is 6.06. The van der Waals surface area contributed by atoms with Crippen molar-refractivity contribution >= 4 is 40.3 Å². The third-order valence-electron chi connectivity index (χ3n) is 6.06. The van der Waals surface area contributed by atoms with Crippen molar-refractivity contribution in [2.45, 2.75) is 32.7 Å². The molecule has 0 aliphatic carbocycles. The smallest absolute Gasteiger partial charge is 0.408 e. The van der Waals surface area contributed by atoms with Gasteiger partial charge in [-0.3, -0.25) is 24.7 Å². The summed E-state index contributed by atoms with van der Waals surface area (Å²) < 4.78 is 10.1. The Morgan fingerprint density at radius 1 is 1.21 bits per heavy atom. The third-order valence-corrected chi connectivity index (χ3v) is 6.06. The van der Waals surface area contributed by atoms with E-state index >= 15 is 0 Å². The molecule has 13 heteroatoms. The number of rotatable bonds is 9. The Morgan fingerprint density at radius 2 is 1.97 bits per heavy atom. The second kappa shape index (κ2) is 10.7. The first-order valence-corrected chi connectivity index (χ1v) is 11.9. The molecule has 3 aromatic heterocycles. The summed E-state index contributed by atoms with van der Waals surface area (Å²) in [5, 5.41) is 16.4. The summed E-state index contributed by atoms with van der Waals surface area (Å²) >= 11 is 0. The van der Waals surface area contributed by atoms with Crippen LogP contribution in [0.15, 0.2) is 62.5 Å². The molecule has 0 bridgehead atoms. The lowest BCUT2D eigenvalue weighted by molar-refractivity contribution is -0.402. The molecule has 39 heavy (non-hydrogen) atoms. The summed E-state index contributed by atoms with van der Waals surface area (Å²) in [5.74, 6) is -1.46. The van der Waals surface area contributed by atoms with E-state index in [0.29, 0.717) is 18.5 Å². The fourth-order valence-corrected chi connectivity index (χ4v) is 3.97. The summed E-state index contributed by atoms with van der Waals surface area (Å²) in [6.07, 6.45) is 3.25. The summed E-state index contributed by atoms with van der Waals surface area (Å²) in [6, 6.07) is 9.52. The average Bonchev–Trinajstić information content (AvgIpc) is 3.40. The maximum Gasteiger partial charge on any atom is 0.433 e. The molecule has 1 aromatic carbocycles. The molecule has 0 saturated carbocycles. The number of aryl methyl sites for hydroxylation is 1. The maximum atomic E-state index is 13.1. The highest BCUT2D eigenvalue weighted by Gasteiger charge is 2.32. The lowest BCUT2D eigenvalue weighted by atomic mass is 10.0. The minimum absolute atomic E-state index is 0.0530. The number of furan rings is 1. The average molecular weight is 535 g/mol. The van der Waals surface area contributed by atoms with Gasteiger partial charge in [0.05, 0.1) is 22.5 Å². The van der Waals surface area contributed by atoms with Crippen molar-refractivity contribution in [3.63, 3.8) is 0 Å². The number of carbonyl (C=O) groups excluding carboxylic acids is 2. The zero-order chi connectivity index (χ0) is 28.3. The fraction of sp³-hybridized carbons (Fsp3) is 0.269. The number of pyridine rings is 1. The van der Waals surface area contributed by atoms with Gasteiger partial charge >= 0.3 is 11.5 Å². The van der Waals surface area contributed by atoms with Crippen LogP contribution in [-0.2, 0) is 11.2 Å². The number of hydrogen-bond donors (Lipinski definition) is 2. The van der Waals surface area contributed by atoms with Crippen LogP contribution in [0.4, 0.5) is 17.6 Å². The number of carbonyl (C=O) groups is 2. The molecule has 0 aliphatic rings. The fourth-order valence-electron chi connectivity index (χ4n) is 3.97. The summed E-state index contributed by atoms with van der Waals surface area (Å²) in [4.78, 5) is 58.8. The molecular formula is C26H26N6O7. The molecule has 13 nitrogen and oxygen atoms in total. The van der Waals surface area contributed by atoms with Crippen LogP contribution in [0, 0.1) is 17.0 Å². The first kappa shape index (κ1) is 27.0. The third kappa shape index (κ3) is 5.92. The number of aromatic nitrogens is 2. The van der Waals surface area contributed by atoms with E-state index in [9.17, 15) is 24.5 Å². The van der Waals surface area contributed by atoms with Crippen molar-refractivity contribution in [1.82, 2.24) is 14.9 Å². The molecule has 2 N–H and O–H groups in total. The summed E-state index contributed by atoms with van der Waals surface area (Å²) in [7, 11) is 1.68. The van der Waals surface area contributed by atoms with Crippen LogP contribution in [0.2, 0.25) is 0 Å². The largest absolute Gasteiger partial charge is 0.433 e. The number of nitrogens with one attached hydrogen (secondary N) is 2. The Hall–Kier alpha value is -5.07. The molecule has 4 rings (SSSR count). The zero-order valence-electron chi connectivity index (χ0n) is 21.7. The van der Waals surface area contributed by atoms with E-state index in [1.54, 1.807) is 45.0 Å². The standard InChI is InChI=1S/C26H26N6O7/c1-15-18(28-22(33)16-13-20(32(36)37)38-14-16)8-9-19-21(15)23(34)39-25(29-19)30-26(2,3)24(35)31(4)12-10-17-7-5-6-11-27-17/h5-9,11,13-14H,10,12H2,1-4H3,(H,28,33)(H,29,30). The maximum absolute atomic E-state index is 13.1. The van der Waals surface area contributed by atoms with E-state index in [1.807, 2.05) is 18.2 Å². The molecule has 4 aromatic rings. The number of hydrogen-bond acceptors (Lipinski definition) is 10. The molecule has 0 atom stereocenters. The normalized spacial score (nSPS) is 11.3. The number of nitrogens with zero attached hydrogens (tertiary/aromatic N) is 4. The Bertz CT molecular complexity index is 1610. The van der Waals surface area contributed by atoms with Crippen molar-refractivity contribution < 1.29 is 23.3 Å². The molecule has 3 heterocycles. The van der Waals surface area contributed by atoms with Gasteiger partial charge < -0.3 is 24.4 Å². The van der Waals surface area contributed by atoms with Crippen molar-refractivity contribution in [3.8, 4) is 0 Å². The second-order valence-electron chi connectivity index (χ2n) is 9.37. The Balaban J connectivity index is 1.50. The van der Waals surface area contributed by atoms with Crippen molar-refractivity contribution in [1.29, 1.82) is 0 Å². The van der Waals surface area contributed by atoms with Crippen LogP contribution in [-0.4, -0.2) is 50.7 Å². The van der Waals surface area contributed by atoms with Crippen molar-refractivity contribution in [2.24, 2.45) is 0 Å². The molecule has 0 unspecified atom stereocenters. The van der Waals surface area contributed by atoms with Crippen LogP contribution in [0.1, 0.15) is 35.5 Å².